The molecule has 0 radical (unpaired) electrons. The number of esters is 1. The molecule has 1 N–H and O–H groups in total. The SMILES string of the molecule is CCOC(=O)C1=C(C)Nc2nc(SCC)nn2[C@@H]1c1ccc(Br)cc1. The van der Waals surface area contributed by atoms with Crippen LogP contribution in [-0.2, 0) is 9.53 Å². The molecular formula is C17H19BrN4O2S. The Morgan fingerprint density at radius 2 is 2.08 bits per heavy atom. The minimum absolute atomic E-state index is 0.323. The van der Waals surface area contributed by atoms with Crippen molar-refractivity contribution in [1.82, 2.24) is 14.8 Å². The Kier molecular flexibility index (Phi) is 5.48. The highest BCUT2D eigenvalue weighted by atomic mass is 79.9. The average molecular weight is 423 g/mol. The van der Waals surface area contributed by atoms with Gasteiger partial charge in [-0.25, -0.2) is 9.48 Å². The molecule has 0 unspecified atom stereocenters. The van der Waals surface area contributed by atoms with Gasteiger partial charge in [0.05, 0.1) is 12.2 Å². The second-order valence-electron chi connectivity index (χ2n) is 5.43. The molecule has 0 amide bonds. The molecule has 25 heavy (non-hydrogen) atoms. The third-order valence-corrected chi connectivity index (χ3v) is 5.04. The highest BCUT2D eigenvalue weighted by Crippen LogP contribution is 2.36. The maximum absolute atomic E-state index is 12.6. The van der Waals surface area contributed by atoms with Crippen LogP contribution in [0.1, 0.15) is 32.4 Å². The van der Waals surface area contributed by atoms with Crippen LogP contribution in [0.25, 0.3) is 0 Å². The number of allylic oxidation sites excluding steroid dienone is 1. The third kappa shape index (κ3) is 3.59. The molecule has 3 rings (SSSR count). The lowest BCUT2D eigenvalue weighted by Gasteiger charge is -2.28. The Hall–Kier alpha value is -1.80. The van der Waals surface area contributed by atoms with Crippen molar-refractivity contribution in [2.45, 2.75) is 32.0 Å². The summed E-state index contributed by atoms with van der Waals surface area (Å²) >= 11 is 5.02. The predicted molar refractivity (Wildman–Crippen MR) is 102 cm³/mol. The van der Waals surface area contributed by atoms with Crippen molar-refractivity contribution in [2.24, 2.45) is 0 Å². The third-order valence-electron chi connectivity index (χ3n) is 3.79. The topological polar surface area (TPSA) is 69.0 Å². The van der Waals surface area contributed by atoms with Crippen LogP contribution in [0.15, 0.2) is 45.2 Å². The molecular weight excluding hydrogens is 404 g/mol. The normalized spacial score (nSPS) is 16.4. The summed E-state index contributed by atoms with van der Waals surface area (Å²) in [6.45, 7) is 6.04. The number of rotatable bonds is 5. The number of fused-ring (bicyclic) bond motifs is 1. The summed E-state index contributed by atoms with van der Waals surface area (Å²) in [6, 6.07) is 7.48. The van der Waals surface area contributed by atoms with E-state index in [1.165, 1.54) is 0 Å². The predicted octanol–water partition coefficient (Wildman–Crippen LogP) is 4.00. The van der Waals surface area contributed by atoms with Crippen LogP contribution in [0.4, 0.5) is 5.95 Å². The Morgan fingerprint density at radius 3 is 2.72 bits per heavy atom. The fourth-order valence-corrected chi connectivity index (χ4v) is 3.57. The van der Waals surface area contributed by atoms with Gasteiger partial charge in [-0.15, -0.1) is 5.10 Å². The standard InChI is InChI=1S/C17H19BrN4O2S/c1-4-24-15(23)13-10(3)19-16-20-17(25-5-2)21-22(16)14(13)11-6-8-12(18)9-7-11/h6-9,14H,4-5H2,1-3H3,(H,19,20,21)/t14-/m1/s1. The molecule has 0 fully saturated rings. The van der Waals surface area contributed by atoms with E-state index in [9.17, 15) is 4.79 Å². The van der Waals surface area contributed by atoms with Crippen molar-refractivity contribution in [3.8, 4) is 0 Å². The summed E-state index contributed by atoms with van der Waals surface area (Å²) in [4.78, 5) is 17.1. The van der Waals surface area contributed by atoms with E-state index in [0.29, 0.717) is 23.3 Å². The monoisotopic (exact) mass is 422 g/mol. The Labute approximate surface area is 159 Å². The molecule has 132 valence electrons. The number of hydrogen-bond donors (Lipinski definition) is 1. The van der Waals surface area contributed by atoms with Crippen molar-refractivity contribution in [2.75, 3.05) is 17.7 Å². The Morgan fingerprint density at radius 1 is 1.36 bits per heavy atom. The summed E-state index contributed by atoms with van der Waals surface area (Å²) in [5.74, 6) is 1.17. The van der Waals surface area contributed by atoms with Crippen molar-refractivity contribution in [3.63, 3.8) is 0 Å². The van der Waals surface area contributed by atoms with Crippen LogP contribution in [0.2, 0.25) is 0 Å². The smallest absolute Gasteiger partial charge is 0.338 e. The fourth-order valence-electron chi connectivity index (χ4n) is 2.75. The molecule has 1 atom stereocenters. The van der Waals surface area contributed by atoms with Gasteiger partial charge < -0.3 is 10.1 Å². The van der Waals surface area contributed by atoms with Gasteiger partial charge in [0.2, 0.25) is 11.1 Å². The number of aromatic nitrogens is 3. The zero-order valence-corrected chi connectivity index (χ0v) is 16.6. The quantitative estimate of drug-likeness (QED) is 0.579. The summed E-state index contributed by atoms with van der Waals surface area (Å²) in [5.41, 5.74) is 2.24. The van der Waals surface area contributed by atoms with Crippen LogP contribution >= 0.6 is 27.7 Å². The van der Waals surface area contributed by atoms with E-state index >= 15 is 0 Å². The van der Waals surface area contributed by atoms with Crippen LogP contribution in [0.5, 0.6) is 0 Å². The van der Waals surface area contributed by atoms with Crippen LogP contribution in [0, 0.1) is 0 Å². The molecule has 0 bridgehead atoms. The van der Waals surface area contributed by atoms with Gasteiger partial charge in [-0.05, 0) is 37.3 Å². The van der Waals surface area contributed by atoms with E-state index in [-0.39, 0.29) is 12.0 Å². The number of anilines is 1. The van der Waals surface area contributed by atoms with E-state index in [2.05, 4.69) is 38.3 Å². The van der Waals surface area contributed by atoms with Crippen molar-refractivity contribution < 1.29 is 9.53 Å². The van der Waals surface area contributed by atoms with E-state index in [0.717, 1.165) is 21.5 Å². The summed E-state index contributed by atoms with van der Waals surface area (Å²) in [6.07, 6.45) is 0. The lowest BCUT2D eigenvalue weighted by atomic mass is 9.96. The summed E-state index contributed by atoms with van der Waals surface area (Å²) < 4.78 is 8.02. The summed E-state index contributed by atoms with van der Waals surface area (Å²) in [7, 11) is 0. The number of hydrogen-bond acceptors (Lipinski definition) is 6. The van der Waals surface area contributed by atoms with E-state index < -0.39 is 0 Å². The minimum Gasteiger partial charge on any atom is -0.463 e. The zero-order chi connectivity index (χ0) is 18.0. The first-order valence-electron chi connectivity index (χ1n) is 8.04. The van der Waals surface area contributed by atoms with Crippen LogP contribution < -0.4 is 5.32 Å². The van der Waals surface area contributed by atoms with Crippen molar-refractivity contribution in [3.05, 3.63) is 45.6 Å². The average Bonchev–Trinajstić information content (AvgIpc) is 2.97. The van der Waals surface area contributed by atoms with Gasteiger partial charge in [-0.3, -0.25) is 0 Å². The highest BCUT2D eigenvalue weighted by molar-refractivity contribution is 9.10. The number of nitrogens with zero attached hydrogens (tertiary/aromatic N) is 3. The molecule has 6 nitrogen and oxygen atoms in total. The van der Waals surface area contributed by atoms with Gasteiger partial charge in [0.25, 0.3) is 0 Å². The molecule has 1 aromatic heterocycles. The van der Waals surface area contributed by atoms with Gasteiger partial charge in [0.1, 0.15) is 6.04 Å². The minimum atomic E-state index is -0.373. The molecule has 1 aliphatic rings. The number of thioether (sulfide) groups is 1. The number of benzene rings is 1. The van der Waals surface area contributed by atoms with Gasteiger partial charge in [0, 0.05) is 10.2 Å². The van der Waals surface area contributed by atoms with Gasteiger partial charge in [-0.1, -0.05) is 46.7 Å². The number of nitrogens with one attached hydrogen (secondary N) is 1. The van der Waals surface area contributed by atoms with Crippen LogP contribution in [-0.4, -0.2) is 33.1 Å². The lowest BCUT2D eigenvalue weighted by molar-refractivity contribution is -0.139. The molecule has 0 saturated heterocycles. The second-order valence-corrected chi connectivity index (χ2v) is 7.58. The number of halogens is 1. The Balaban J connectivity index is 2.12. The molecule has 8 heteroatoms. The van der Waals surface area contributed by atoms with Gasteiger partial charge >= 0.3 is 5.97 Å². The number of ether oxygens (including phenoxy) is 1. The van der Waals surface area contributed by atoms with E-state index in [4.69, 9.17) is 4.74 Å². The van der Waals surface area contributed by atoms with Gasteiger partial charge in [-0.2, -0.15) is 4.98 Å². The van der Waals surface area contributed by atoms with E-state index in [1.54, 1.807) is 23.4 Å². The maximum Gasteiger partial charge on any atom is 0.338 e. The summed E-state index contributed by atoms with van der Waals surface area (Å²) in [5, 5.41) is 8.47. The maximum atomic E-state index is 12.6. The molecule has 0 aliphatic carbocycles. The molecule has 2 aromatic rings. The highest BCUT2D eigenvalue weighted by Gasteiger charge is 2.35. The zero-order valence-electron chi connectivity index (χ0n) is 14.2. The first kappa shape index (κ1) is 18.0. The number of carbonyl (C=O) groups excluding carboxylic acids is 1. The van der Waals surface area contributed by atoms with E-state index in [1.807, 2.05) is 31.2 Å². The fraction of sp³-hybridized carbons (Fsp3) is 0.353. The van der Waals surface area contributed by atoms with Crippen molar-refractivity contribution in [1.29, 1.82) is 0 Å². The molecule has 1 aliphatic heterocycles. The first-order valence-corrected chi connectivity index (χ1v) is 9.82. The molecule has 1 aromatic carbocycles. The number of carbonyl (C=O) groups is 1. The first-order chi connectivity index (χ1) is 12.0. The molecule has 2 heterocycles. The molecule has 0 saturated carbocycles. The van der Waals surface area contributed by atoms with Gasteiger partial charge in [0.15, 0.2) is 0 Å². The van der Waals surface area contributed by atoms with Crippen molar-refractivity contribution >= 4 is 39.6 Å². The second kappa shape index (κ2) is 7.61. The Bertz CT molecular complexity index is 817. The molecule has 0 spiro atoms. The largest absolute Gasteiger partial charge is 0.463 e. The van der Waals surface area contributed by atoms with Crippen LogP contribution in [0.3, 0.4) is 0 Å². The lowest BCUT2D eigenvalue weighted by Crippen LogP contribution is -2.29.